The number of alkyl halides is 3. The van der Waals surface area contributed by atoms with E-state index in [-0.39, 0.29) is 28.0 Å². The molecule has 0 saturated heterocycles. The summed E-state index contributed by atoms with van der Waals surface area (Å²) in [5.41, 5.74) is 0.311. The van der Waals surface area contributed by atoms with Crippen molar-refractivity contribution < 1.29 is 27.8 Å². The molecule has 0 aliphatic heterocycles. The van der Waals surface area contributed by atoms with Gasteiger partial charge in [-0.05, 0) is 42.3 Å². The lowest BCUT2D eigenvalue weighted by molar-refractivity contribution is -0.274. The summed E-state index contributed by atoms with van der Waals surface area (Å²) in [7, 11) is 0. The van der Waals surface area contributed by atoms with Gasteiger partial charge in [-0.15, -0.1) is 13.2 Å². The molecule has 6 nitrogen and oxygen atoms in total. The van der Waals surface area contributed by atoms with E-state index in [1.165, 1.54) is 30.5 Å². The molecule has 0 bridgehead atoms. The van der Waals surface area contributed by atoms with Crippen molar-refractivity contribution in [3.05, 3.63) is 70.6 Å². The number of carbonyl (C=O) groups is 1. The van der Waals surface area contributed by atoms with Crippen LogP contribution in [0.3, 0.4) is 0 Å². The lowest BCUT2D eigenvalue weighted by atomic mass is 10.2. The Morgan fingerprint density at radius 3 is 2.50 bits per heavy atom. The van der Waals surface area contributed by atoms with Crippen molar-refractivity contribution in [1.82, 2.24) is 14.8 Å². The first-order valence-corrected chi connectivity index (χ1v) is 7.93. The van der Waals surface area contributed by atoms with E-state index in [0.29, 0.717) is 5.56 Å². The molecule has 0 atom stereocenters. The SMILES string of the molecule is O=C(O)c1cc(C#Cc2ccc(OC(F)(F)F)cc2)nn1-c1ncccc1Cl. The van der Waals surface area contributed by atoms with Crippen LogP contribution in [0.2, 0.25) is 5.02 Å². The number of halogens is 4. The fraction of sp³-hybridized carbons (Fsp3) is 0.0556. The third-order valence-electron chi connectivity index (χ3n) is 3.29. The number of carboxylic acids is 1. The van der Waals surface area contributed by atoms with Crippen LogP contribution >= 0.6 is 11.6 Å². The molecule has 0 aliphatic carbocycles. The van der Waals surface area contributed by atoms with Crippen LogP contribution in [-0.4, -0.2) is 32.2 Å². The maximum atomic E-state index is 12.2. The van der Waals surface area contributed by atoms with Gasteiger partial charge in [0.05, 0.1) is 5.02 Å². The van der Waals surface area contributed by atoms with E-state index < -0.39 is 12.3 Å². The molecule has 2 heterocycles. The van der Waals surface area contributed by atoms with Crippen molar-refractivity contribution in [3.8, 4) is 23.4 Å². The highest BCUT2D eigenvalue weighted by Crippen LogP contribution is 2.23. The van der Waals surface area contributed by atoms with Gasteiger partial charge in [-0.1, -0.05) is 17.5 Å². The molecule has 2 aromatic heterocycles. The van der Waals surface area contributed by atoms with E-state index in [1.54, 1.807) is 6.07 Å². The molecule has 142 valence electrons. The van der Waals surface area contributed by atoms with E-state index in [0.717, 1.165) is 16.8 Å². The quantitative estimate of drug-likeness (QED) is 0.666. The third kappa shape index (κ3) is 4.61. The second kappa shape index (κ2) is 7.62. The van der Waals surface area contributed by atoms with Crippen molar-refractivity contribution in [2.75, 3.05) is 0 Å². The van der Waals surface area contributed by atoms with Crippen LogP contribution in [-0.2, 0) is 0 Å². The highest BCUT2D eigenvalue weighted by atomic mass is 35.5. The highest BCUT2D eigenvalue weighted by molar-refractivity contribution is 6.32. The number of pyridine rings is 1. The molecular formula is C18H9ClF3N3O3. The van der Waals surface area contributed by atoms with Crippen LogP contribution in [0.15, 0.2) is 48.7 Å². The molecule has 3 aromatic rings. The van der Waals surface area contributed by atoms with Gasteiger partial charge in [0.15, 0.2) is 11.5 Å². The van der Waals surface area contributed by atoms with Gasteiger partial charge in [-0.25, -0.2) is 14.5 Å². The van der Waals surface area contributed by atoms with Gasteiger partial charge in [-0.2, -0.15) is 5.10 Å². The predicted molar refractivity (Wildman–Crippen MR) is 92.4 cm³/mol. The molecule has 1 aromatic carbocycles. The fourth-order valence-electron chi connectivity index (χ4n) is 2.17. The van der Waals surface area contributed by atoms with Gasteiger partial charge < -0.3 is 9.84 Å². The van der Waals surface area contributed by atoms with Crippen molar-refractivity contribution in [2.24, 2.45) is 0 Å². The van der Waals surface area contributed by atoms with Crippen LogP contribution < -0.4 is 4.74 Å². The Morgan fingerprint density at radius 1 is 1.18 bits per heavy atom. The number of nitrogens with zero attached hydrogens (tertiary/aromatic N) is 3. The Bertz CT molecular complexity index is 1080. The smallest absolute Gasteiger partial charge is 0.477 e. The Morgan fingerprint density at radius 2 is 1.89 bits per heavy atom. The van der Waals surface area contributed by atoms with Gasteiger partial charge >= 0.3 is 12.3 Å². The number of aromatic carboxylic acids is 1. The minimum Gasteiger partial charge on any atom is -0.477 e. The number of carboxylic acid groups (broad SMARTS) is 1. The van der Waals surface area contributed by atoms with Crippen molar-refractivity contribution in [1.29, 1.82) is 0 Å². The first-order valence-electron chi connectivity index (χ1n) is 7.55. The Balaban J connectivity index is 1.89. The van der Waals surface area contributed by atoms with Gasteiger partial charge in [-0.3, -0.25) is 0 Å². The first-order chi connectivity index (χ1) is 13.2. The molecule has 0 amide bonds. The Labute approximate surface area is 161 Å². The Kier molecular flexibility index (Phi) is 5.24. The summed E-state index contributed by atoms with van der Waals surface area (Å²) in [6.45, 7) is 0. The number of rotatable bonds is 3. The maximum absolute atomic E-state index is 12.2. The molecule has 0 fully saturated rings. The van der Waals surface area contributed by atoms with Crippen molar-refractivity contribution in [2.45, 2.75) is 6.36 Å². The molecule has 28 heavy (non-hydrogen) atoms. The number of hydrogen-bond donors (Lipinski definition) is 1. The highest BCUT2D eigenvalue weighted by Gasteiger charge is 2.30. The topological polar surface area (TPSA) is 77.2 Å². The standard InChI is InChI=1S/C18H9ClF3N3O3/c19-14-2-1-9-23-16(14)25-15(17(26)27)10-12(24-25)6-3-11-4-7-13(8-5-11)28-18(20,21)22/h1-2,4-5,7-10H,(H,26,27). The summed E-state index contributed by atoms with van der Waals surface area (Å²) in [5.74, 6) is 3.84. The normalized spacial score (nSPS) is 10.9. The number of benzene rings is 1. The minimum absolute atomic E-state index is 0.120. The summed E-state index contributed by atoms with van der Waals surface area (Å²) >= 11 is 6.03. The summed E-state index contributed by atoms with van der Waals surface area (Å²) in [5, 5.41) is 13.6. The zero-order valence-corrected chi connectivity index (χ0v) is 14.5. The van der Waals surface area contributed by atoms with Crippen LogP contribution in [0.5, 0.6) is 5.75 Å². The van der Waals surface area contributed by atoms with Crippen molar-refractivity contribution >= 4 is 17.6 Å². The number of hydrogen-bond acceptors (Lipinski definition) is 4. The second-order valence-corrected chi connectivity index (χ2v) is 5.67. The molecular weight excluding hydrogens is 399 g/mol. The van der Waals surface area contributed by atoms with E-state index in [1.807, 2.05) is 0 Å². The summed E-state index contributed by atoms with van der Waals surface area (Å²) < 4.78 is 41.3. The Hall–Kier alpha value is -3.51. The van der Waals surface area contributed by atoms with E-state index in [4.69, 9.17) is 11.6 Å². The molecule has 0 aliphatic rings. The molecule has 0 saturated carbocycles. The molecule has 3 rings (SSSR count). The fourth-order valence-corrected chi connectivity index (χ4v) is 2.37. The molecule has 0 radical (unpaired) electrons. The number of aromatic nitrogens is 3. The lowest BCUT2D eigenvalue weighted by Crippen LogP contribution is -2.16. The van der Waals surface area contributed by atoms with Crippen LogP contribution in [0.1, 0.15) is 21.7 Å². The zero-order chi connectivity index (χ0) is 20.3. The van der Waals surface area contributed by atoms with E-state index >= 15 is 0 Å². The summed E-state index contributed by atoms with van der Waals surface area (Å²) in [4.78, 5) is 15.5. The van der Waals surface area contributed by atoms with Crippen LogP contribution in [0.25, 0.3) is 5.82 Å². The third-order valence-corrected chi connectivity index (χ3v) is 3.59. The molecule has 0 spiro atoms. The van der Waals surface area contributed by atoms with Gasteiger partial charge in [0.25, 0.3) is 0 Å². The first kappa shape index (κ1) is 19.3. The largest absolute Gasteiger partial charge is 0.573 e. The average molecular weight is 408 g/mol. The van der Waals surface area contributed by atoms with E-state index in [2.05, 4.69) is 26.7 Å². The lowest BCUT2D eigenvalue weighted by Gasteiger charge is -2.07. The van der Waals surface area contributed by atoms with Crippen molar-refractivity contribution in [3.63, 3.8) is 0 Å². The predicted octanol–water partition coefficient (Wildman–Crippen LogP) is 3.92. The zero-order valence-electron chi connectivity index (χ0n) is 13.7. The van der Waals surface area contributed by atoms with Gasteiger partial charge in [0.2, 0.25) is 0 Å². The summed E-state index contributed by atoms with van der Waals surface area (Å²) in [6.07, 6.45) is -3.34. The monoisotopic (exact) mass is 407 g/mol. The summed E-state index contributed by atoms with van der Waals surface area (Å²) in [6, 6.07) is 9.26. The minimum atomic E-state index is -4.78. The van der Waals surface area contributed by atoms with Gasteiger partial charge in [0.1, 0.15) is 11.4 Å². The number of ether oxygens (including phenoxy) is 1. The van der Waals surface area contributed by atoms with Crippen LogP contribution in [0, 0.1) is 11.8 Å². The van der Waals surface area contributed by atoms with E-state index in [9.17, 15) is 23.1 Å². The van der Waals surface area contributed by atoms with Gasteiger partial charge in [0, 0.05) is 17.8 Å². The second-order valence-electron chi connectivity index (χ2n) is 5.26. The molecule has 10 heteroatoms. The molecule has 1 N–H and O–H groups in total. The molecule has 0 unspecified atom stereocenters. The average Bonchev–Trinajstić information content (AvgIpc) is 3.05. The maximum Gasteiger partial charge on any atom is 0.573 e. The van der Waals surface area contributed by atoms with Crippen LogP contribution in [0.4, 0.5) is 13.2 Å².